The molecule has 18 heavy (non-hydrogen) atoms. The van der Waals surface area contributed by atoms with E-state index in [1.165, 1.54) is 7.05 Å². The number of hydrogen-bond donors (Lipinski definition) is 1. The number of nitro benzene ring substituents is 1. The van der Waals surface area contributed by atoms with E-state index in [1.54, 1.807) is 0 Å². The molecular weight excluding hydrogens is 267 g/mol. The number of sulfonamides is 1. The molecule has 100 valence electrons. The topological polar surface area (TPSA) is 101 Å². The third-order valence-electron chi connectivity index (χ3n) is 2.22. The van der Waals surface area contributed by atoms with Crippen molar-refractivity contribution in [2.45, 2.75) is 4.90 Å². The van der Waals surface area contributed by atoms with Crippen molar-refractivity contribution in [1.82, 2.24) is 4.31 Å². The van der Waals surface area contributed by atoms with Gasteiger partial charge < -0.3 is 5.11 Å². The number of benzene rings is 1. The molecule has 0 aromatic heterocycles. The molecule has 0 radical (unpaired) electrons. The molecule has 0 atom stereocenters. The van der Waals surface area contributed by atoms with Crippen LogP contribution in [0, 0.1) is 15.9 Å². The summed E-state index contributed by atoms with van der Waals surface area (Å²) in [4.78, 5) is 9.13. The third kappa shape index (κ3) is 2.81. The molecule has 0 fully saturated rings. The number of aliphatic hydroxyl groups is 1. The average Bonchev–Trinajstić information content (AvgIpc) is 2.28. The van der Waals surface area contributed by atoms with Crippen LogP contribution in [0.4, 0.5) is 10.1 Å². The fourth-order valence-corrected chi connectivity index (χ4v) is 2.58. The Kier molecular flexibility index (Phi) is 4.33. The Morgan fingerprint density at radius 2 is 2.11 bits per heavy atom. The summed E-state index contributed by atoms with van der Waals surface area (Å²) in [7, 11) is -2.96. The van der Waals surface area contributed by atoms with E-state index in [2.05, 4.69) is 0 Å². The molecule has 1 aromatic carbocycles. The minimum atomic E-state index is -4.13. The lowest BCUT2D eigenvalue weighted by Gasteiger charge is -2.15. The Labute approximate surface area is 103 Å². The standard InChI is InChI=1S/C9H11FN2O5S/c1-11(4-5-13)18(16,17)9-3-2-7(10)6-8(9)12(14)15/h2-3,6,13H,4-5H2,1H3. The molecule has 0 amide bonds. The third-order valence-corrected chi connectivity index (χ3v) is 4.13. The summed E-state index contributed by atoms with van der Waals surface area (Å²) in [6, 6.07) is 2.20. The molecule has 0 spiro atoms. The van der Waals surface area contributed by atoms with E-state index in [-0.39, 0.29) is 6.54 Å². The van der Waals surface area contributed by atoms with Crippen molar-refractivity contribution in [1.29, 1.82) is 0 Å². The molecule has 1 rings (SSSR count). The zero-order valence-corrected chi connectivity index (χ0v) is 10.2. The predicted octanol–water partition coefficient (Wildman–Crippen LogP) is 0.347. The van der Waals surface area contributed by atoms with E-state index in [0.717, 1.165) is 16.4 Å². The van der Waals surface area contributed by atoms with E-state index in [0.29, 0.717) is 6.07 Å². The molecule has 7 nitrogen and oxygen atoms in total. The van der Waals surface area contributed by atoms with Gasteiger partial charge in [0.15, 0.2) is 4.90 Å². The first-order valence-corrected chi connectivity index (χ1v) is 6.26. The van der Waals surface area contributed by atoms with Crippen molar-refractivity contribution in [3.63, 3.8) is 0 Å². The molecule has 0 aliphatic heterocycles. The maximum atomic E-state index is 12.9. The molecule has 0 saturated heterocycles. The van der Waals surface area contributed by atoms with E-state index >= 15 is 0 Å². The molecular formula is C9H11FN2O5S. The van der Waals surface area contributed by atoms with Gasteiger partial charge in [-0.25, -0.2) is 12.8 Å². The summed E-state index contributed by atoms with van der Waals surface area (Å²) in [5.41, 5.74) is -0.834. The highest BCUT2D eigenvalue weighted by Crippen LogP contribution is 2.26. The van der Waals surface area contributed by atoms with Crippen molar-refractivity contribution < 1.29 is 22.8 Å². The van der Waals surface area contributed by atoms with Crippen LogP contribution in [0.25, 0.3) is 0 Å². The van der Waals surface area contributed by atoms with E-state index in [9.17, 15) is 22.9 Å². The van der Waals surface area contributed by atoms with Crippen molar-refractivity contribution in [3.05, 3.63) is 34.1 Å². The predicted molar refractivity (Wildman–Crippen MR) is 60.0 cm³/mol. The number of likely N-dealkylation sites (N-methyl/N-ethyl adjacent to an activating group) is 1. The summed E-state index contributed by atoms with van der Waals surface area (Å²) in [6.45, 7) is -0.637. The minimum absolute atomic E-state index is 0.211. The molecule has 0 aliphatic rings. The van der Waals surface area contributed by atoms with E-state index in [1.807, 2.05) is 0 Å². The fraction of sp³-hybridized carbons (Fsp3) is 0.333. The quantitative estimate of drug-likeness (QED) is 0.618. The molecule has 0 bridgehead atoms. The van der Waals surface area contributed by atoms with Gasteiger partial charge in [0.1, 0.15) is 5.82 Å². The van der Waals surface area contributed by atoms with Gasteiger partial charge in [0.05, 0.1) is 17.6 Å². The highest BCUT2D eigenvalue weighted by Gasteiger charge is 2.29. The number of halogens is 1. The first-order chi connectivity index (χ1) is 8.30. The largest absolute Gasteiger partial charge is 0.395 e. The van der Waals surface area contributed by atoms with Crippen LogP contribution in [0.2, 0.25) is 0 Å². The highest BCUT2D eigenvalue weighted by molar-refractivity contribution is 7.89. The van der Waals surface area contributed by atoms with Gasteiger partial charge in [-0.05, 0) is 12.1 Å². The monoisotopic (exact) mass is 278 g/mol. The average molecular weight is 278 g/mol. The van der Waals surface area contributed by atoms with E-state index in [4.69, 9.17) is 5.11 Å². The van der Waals surface area contributed by atoms with Crippen LogP contribution in [0.15, 0.2) is 23.1 Å². The zero-order chi connectivity index (χ0) is 13.9. The minimum Gasteiger partial charge on any atom is -0.395 e. The van der Waals surface area contributed by atoms with Crippen molar-refractivity contribution in [2.75, 3.05) is 20.2 Å². The van der Waals surface area contributed by atoms with Crippen molar-refractivity contribution in [2.24, 2.45) is 0 Å². The Balaban J connectivity index is 3.37. The van der Waals surface area contributed by atoms with Gasteiger partial charge in [0, 0.05) is 13.6 Å². The van der Waals surface area contributed by atoms with Gasteiger partial charge in [-0.2, -0.15) is 4.31 Å². The molecule has 0 unspecified atom stereocenters. The second kappa shape index (κ2) is 5.38. The first-order valence-electron chi connectivity index (χ1n) is 4.82. The molecule has 1 aromatic rings. The maximum absolute atomic E-state index is 12.9. The molecule has 1 N–H and O–H groups in total. The van der Waals surface area contributed by atoms with Crippen LogP contribution in [0.3, 0.4) is 0 Å². The Morgan fingerprint density at radius 3 is 2.61 bits per heavy atom. The smallest absolute Gasteiger partial charge is 0.292 e. The molecule has 0 aliphatic carbocycles. The van der Waals surface area contributed by atoms with Crippen LogP contribution >= 0.6 is 0 Å². The van der Waals surface area contributed by atoms with E-state index < -0.39 is 38.0 Å². The normalized spacial score (nSPS) is 11.8. The van der Waals surface area contributed by atoms with Crippen LogP contribution in [0.5, 0.6) is 0 Å². The Hall–Kier alpha value is -1.58. The van der Waals surface area contributed by atoms with Crippen LogP contribution in [0.1, 0.15) is 0 Å². The zero-order valence-electron chi connectivity index (χ0n) is 9.41. The van der Waals surface area contributed by atoms with Crippen molar-refractivity contribution >= 4 is 15.7 Å². The van der Waals surface area contributed by atoms with Gasteiger partial charge in [-0.3, -0.25) is 10.1 Å². The molecule has 0 heterocycles. The summed E-state index contributed by atoms with van der Waals surface area (Å²) < 4.78 is 37.5. The van der Waals surface area contributed by atoms with Crippen LogP contribution in [-0.4, -0.2) is 43.0 Å². The van der Waals surface area contributed by atoms with Crippen LogP contribution in [-0.2, 0) is 10.0 Å². The molecule has 0 saturated carbocycles. The van der Waals surface area contributed by atoms with Gasteiger partial charge in [-0.15, -0.1) is 0 Å². The number of hydrogen-bond acceptors (Lipinski definition) is 5. The fourth-order valence-electron chi connectivity index (χ4n) is 1.28. The van der Waals surface area contributed by atoms with Gasteiger partial charge in [-0.1, -0.05) is 0 Å². The SMILES string of the molecule is CN(CCO)S(=O)(=O)c1ccc(F)cc1[N+](=O)[O-]. The van der Waals surface area contributed by atoms with Crippen LogP contribution < -0.4 is 0 Å². The summed E-state index contributed by atoms with van der Waals surface area (Å²) in [5, 5.41) is 19.4. The molecule has 9 heteroatoms. The summed E-state index contributed by atoms with van der Waals surface area (Å²) in [5.74, 6) is -0.898. The maximum Gasteiger partial charge on any atom is 0.292 e. The number of aliphatic hydroxyl groups excluding tert-OH is 1. The lowest BCUT2D eigenvalue weighted by molar-refractivity contribution is -0.388. The highest BCUT2D eigenvalue weighted by atomic mass is 32.2. The van der Waals surface area contributed by atoms with Gasteiger partial charge >= 0.3 is 0 Å². The van der Waals surface area contributed by atoms with Gasteiger partial charge in [0.2, 0.25) is 10.0 Å². The second-order valence-electron chi connectivity index (χ2n) is 3.42. The Bertz CT molecular complexity index is 560. The summed E-state index contributed by atoms with van der Waals surface area (Å²) >= 11 is 0. The van der Waals surface area contributed by atoms with Crippen molar-refractivity contribution in [3.8, 4) is 0 Å². The lowest BCUT2D eigenvalue weighted by atomic mass is 10.3. The number of nitro groups is 1. The Morgan fingerprint density at radius 1 is 1.50 bits per heavy atom. The lowest BCUT2D eigenvalue weighted by Crippen LogP contribution is -2.30. The number of rotatable bonds is 5. The van der Waals surface area contributed by atoms with Gasteiger partial charge in [0.25, 0.3) is 5.69 Å². The summed E-state index contributed by atoms with van der Waals surface area (Å²) in [6.07, 6.45) is 0. The first kappa shape index (κ1) is 14.5. The second-order valence-corrected chi connectivity index (χ2v) is 5.43. The number of nitrogens with zero attached hydrogens (tertiary/aromatic N) is 2.